The van der Waals surface area contributed by atoms with Gasteiger partial charge in [0.25, 0.3) is 5.91 Å². The molecule has 0 saturated carbocycles. The summed E-state index contributed by atoms with van der Waals surface area (Å²) in [6.45, 7) is 6.89. The Morgan fingerprint density at radius 1 is 1.10 bits per heavy atom. The average Bonchev–Trinajstić information content (AvgIpc) is 2.70. The molecule has 29 heavy (non-hydrogen) atoms. The number of rotatable bonds is 5. The molecular weight excluding hydrogens is 371 g/mol. The van der Waals surface area contributed by atoms with Crippen molar-refractivity contribution in [3.05, 3.63) is 59.4 Å². The third kappa shape index (κ3) is 5.34. The van der Waals surface area contributed by atoms with Crippen LogP contribution in [0.25, 0.3) is 0 Å². The summed E-state index contributed by atoms with van der Waals surface area (Å²) in [6.07, 6.45) is 1.30. The summed E-state index contributed by atoms with van der Waals surface area (Å²) < 4.78 is 18.7. The molecule has 0 aliphatic carbocycles. The number of anilines is 1. The molecule has 2 amide bonds. The van der Waals surface area contributed by atoms with Crippen LogP contribution >= 0.6 is 0 Å². The van der Waals surface area contributed by atoms with Crippen LogP contribution in [0, 0.1) is 18.7 Å². The van der Waals surface area contributed by atoms with Crippen molar-refractivity contribution in [3.8, 4) is 5.75 Å². The van der Waals surface area contributed by atoms with Crippen LogP contribution < -0.4 is 10.1 Å². The van der Waals surface area contributed by atoms with Crippen LogP contribution in [0.1, 0.15) is 42.6 Å². The van der Waals surface area contributed by atoms with E-state index >= 15 is 0 Å². The van der Waals surface area contributed by atoms with Crippen LogP contribution in [0.5, 0.6) is 5.75 Å². The fourth-order valence-electron chi connectivity index (χ4n) is 3.48. The van der Waals surface area contributed by atoms with Gasteiger partial charge in [-0.25, -0.2) is 4.39 Å². The minimum Gasteiger partial charge on any atom is -0.491 e. The van der Waals surface area contributed by atoms with Crippen molar-refractivity contribution in [3.63, 3.8) is 0 Å². The van der Waals surface area contributed by atoms with Gasteiger partial charge in [0.15, 0.2) is 0 Å². The molecule has 5 nitrogen and oxygen atoms in total. The van der Waals surface area contributed by atoms with Gasteiger partial charge in [-0.15, -0.1) is 0 Å². The second-order valence-corrected chi connectivity index (χ2v) is 7.71. The van der Waals surface area contributed by atoms with Crippen molar-refractivity contribution in [2.24, 2.45) is 5.92 Å². The number of nitrogens with zero attached hydrogens (tertiary/aromatic N) is 1. The van der Waals surface area contributed by atoms with Gasteiger partial charge in [0.1, 0.15) is 11.6 Å². The number of carbonyl (C=O) groups excluding carboxylic acids is 2. The highest BCUT2D eigenvalue weighted by molar-refractivity contribution is 5.95. The van der Waals surface area contributed by atoms with E-state index in [4.69, 9.17) is 4.74 Å². The number of ether oxygens (including phenoxy) is 1. The Morgan fingerprint density at radius 3 is 2.34 bits per heavy atom. The second-order valence-electron chi connectivity index (χ2n) is 7.71. The number of benzene rings is 2. The van der Waals surface area contributed by atoms with Gasteiger partial charge >= 0.3 is 0 Å². The lowest BCUT2D eigenvalue weighted by atomic mass is 9.95. The van der Waals surface area contributed by atoms with Crippen LogP contribution in [0.4, 0.5) is 10.1 Å². The maximum absolute atomic E-state index is 13.0. The first kappa shape index (κ1) is 20.8. The van der Waals surface area contributed by atoms with E-state index in [2.05, 4.69) is 5.32 Å². The summed E-state index contributed by atoms with van der Waals surface area (Å²) in [7, 11) is 0. The summed E-state index contributed by atoms with van der Waals surface area (Å²) in [5.74, 6) is 0.123. The number of halogens is 1. The van der Waals surface area contributed by atoms with E-state index < -0.39 is 0 Å². The fourth-order valence-corrected chi connectivity index (χ4v) is 3.48. The number of amides is 2. The maximum atomic E-state index is 13.0. The fraction of sp³-hybridized carbons (Fsp3) is 0.391. The van der Waals surface area contributed by atoms with E-state index in [0.29, 0.717) is 31.5 Å². The van der Waals surface area contributed by atoms with Crippen molar-refractivity contribution < 1.29 is 18.7 Å². The number of carbonyl (C=O) groups is 2. The molecule has 1 heterocycles. The molecule has 0 atom stereocenters. The summed E-state index contributed by atoms with van der Waals surface area (Å²) in [4.78, 5) is 26.9. The Labute approximate surface area is 170 Å². The normalized spacial score (nSPS) is 14.7. The minimum absolute atomic E-state index is 0.0282. The van der Waals surface area contributed by atoms with Crippen LogP contribution in [-0.4, -0.2) is 35.9 Å². The van der Waals surface area contributed by atoms with Crippen molar-refractivity contribution in [2.45, 2.75) is 39.7 Å². The average molecular weight is 398 g/mol. The minimum atomic E-state index is -0.365. The Bertz CT molecular complexity index is 872. The van der Waals surface area contributed by atoms with Gasteiger partial charge in [0.05, 0.1) is 6.10 Å². The number of likely N-dealkylation sites (tertiary alicyclic amines) is 1. The van der Waals surface area contributed by atoms with E-state index in [-0.39, 0.29) is 29.7 Å². The number of hydrogen-bond acceptors (Lipinski definition) is 3. The quantitative estimate of drug-likeness (QED) is 0.812. The van der Waals surface area contributed by atoms with E-state index in [1.165, 1.54) is 24.3 Å². The SMILES string of the molecule is Cc1cc(OC(C)C)ccc1NC(=O)C1CCN(C(=O)c2ccc(F)cc2)CC1. The zero-order valence-electron chi connectivity index (χ0n) is 17.1. The lowest BCUT2D eigenvalue weighted by Crippen LogP contribution is -2.41. The van der Waals surface area contributed by atoms with Gasteiger partial charge in [-0.05, 0) is 81.6 Å². The topological polar surface area (TPSA) is 58.6 Å². The van der Waals surface area contributed by atoms with Crippen LogP contribution in [0.2, 0.25) is 0 Å². The Morgan fingerprint density at radius 2 is 1.76 bits per heavy atom. The van der Waals surface area contributed by atoms with Crippen molar-refractivity contribution >= 4 is 17.5 Å². The molecule has 1 aliphatic heterocycles. The van der Waals surface area contributed by atoms with E-state index in [0.717, 1.165) is 17.0 Å². The first-order valence-electron chi connectivity index (χ1n) is 9.96. The van der Waals surface area contributed by atoms with Gasteiger partial charge in [0.2, 0.25) is 5.91 Å². The molecule has 1 aliphatic rings. The lowest BCUT2D eigenvalue weighted by Gasteiger charge is -2.31. The molecule has 154 valence electrons. The molecule has 2 aromatic rings. The zero-order valence-corrected chi connectivity index (χ0v) is 17.1. The summed E-state index contributed by atoms with van der Waals surface area (Å²) in [5, 5.41) is 3.00. The molecule has 2 aromatic carbocycles. The third-order valence-electron chi connectivity index (χ3n) is 5.07. The second kappa shape index (κ2) is 9.07. The summed E-state index contributed by atoms with van der Waals surface area (Å²) >= 11 is 0. The molecule has 0 aromatic heterocycles. The maximum Gasteiger partial charge on any atom is 0.253 e. The monoisotopic (exact) mass is 398 g/mol. The van der Waals surface area contributed by atoms with Crippen molar-refractivity contribution in [2.75, 3.05) is 18.4 Å². The first-order chi connectivity index (χ1) is 13.8. The Kier molecular flexibility index (Phi) is 6.52. The van der Waals surface area contributed by atoms with Crippen LogP contribution in [0.3, 0.4) is 0 Å². The molecule has 1 saturated heterocycles. The van der Waals surface area contributed by atoms with Crippen molar-refractivity contribution in [1.29, 1.82) is 0 Å². The van der Waals surface area contributed by atoms with Gasteiger partial charge in [-0.1, -0.05) is 0 Å². The molecule has 1 N–H and O–H groups in total. The van der Waals surface area contributed by atoms with Gasteiger partial charge in [-0.2, -0.15) is 0 Å². The van der Waals surface area contributed by atoms with Gasteiger partial charge in [-0.3, -0.25) is 9.59 Å². The van der Waals surface area contributed by atoms with Crippen molar-refractivity contribution in [1.82, 2.24) is 4.90 Å². The molecule has 1 fully saturated rings. The highest BCUT2D eigenvalue weighted by Gasteiger charge is 2.28. The third-order valence-corrected chi connectivity index (χ3v) is 5.07. The van der Waals surface area contributed by atoms with Gasteiger partial charge < -0.3 is 15.0 Å². The molecule has 0 radical (unpaired) electrons. The van der Waals surface area contributed by atoms with E-state index in [1.807, 2.05) is 39.0 Å². The van der Waals surface area contributed by atoms with E-state index in [9.17, 15) is 14.0 Å². The summed E-state index contributed by atoms with van der Waals surface area (Å²) in [5.41, 5.74) is 2.19. The number of piperidine rings is 1. The molecule has 6 heteroatoms. The van der Waals surface area contributed by atoms with Crippen LogP contribution in [-0.2, 0) is 4.79 Å². The summed E-state index contributed by atoms with van der Waals surface area (Å²) in [6, 6.07) is 11.2. The molecular formula is C23H27FN2O3. The van der Waals surface area contributed by atoms with Gasteiger partial charge in [0, 0.05) is 30.3 Å². The number of aryl methyl sites for hydroxylation is 1. The standard InChI is InChI=1S/C23H27FN2O3/c1-15(2)29-20-8-9-21(16(3)14-20)25-22(27)17-10-12-26(13-11-17)23(28)18-4-6-19(24)7-5-18/h4-9,14-15,17H,10-13H2,1-3H3,(H,25,27). The predicted molar refractivity (Wildman–Crippen MR) is 111 cm³/mol. The number of hydrogen-bond donors (Lipinski definition) is 1. The van der Waals surface area contributed by atoms with Crippen LogP contribution in [0.15, 0.2) is 42.5 Å². The Balaban J connectivity index is 1.55. The van der Waals surface area contributed by atoms with E-state index in [1.54, 1.807) is 4.90 Å². The zero-order chi connectivity index (χ0) is 21.0. The molecule has 3 rings (SSSR count). The Hall–Kier alpha value is -2.89. The predicted octanol–water partition coefficient (Wildman–Crippen LogP) is 4.41. The number of nitrogens with one attached hydrogen (secondary N) is 1. The highest BCUT2D eigenvalue weighted by atomic mass is 19.1. The smallest absolute Gasteiger partial charge is 0.253 e. The molecule has 0 bridgehead atoms. The first-order valence-corrected chi connectivity index (χ1v) is 9.96. The molecule has 0 spiro atoms. The molecule has 0 unspecified atom stereocenters. The highest BCUT2D eigenvalue weighted by Crippen LogP contribution is 2.25. The largest absolute Gasteiger partial charge is 0.491 e. The lowest BCUT2D eigenvalue weighted by molar-refractivity contribution is -0.121.